The normalized spacial score (nSPS) is 21.8. The molecule has 3 N–H and O–H groups in total. The molecule has 4 heteroatoms. The zero-order valence-corrected chi connectivity index (χ0v) is 12.2. The summed E-state index contributed by atoms with van der Waals surface area (Å²) in [7, 11) is 0. The van der Waals surface area contributed by atoms with Crippen molar-refractivity contribution < 1.29 is 0 Å². The highest BCUT2D eigenvalue weighted by Gasteiger charge is 2.36. The number of aromatic amines is 1. The molecule has 1 saturated carbocycles. The largest absolute Gasteiger partial charge is 0.382 e. The molecule has 3 rings (SSSR count). The minimum atomic E-state index is 0.279. The molecule has 2 aromatic rings. The molecule has 0 bridgehead atoms. The third-order valence-corrected chi connectivity index (χ3v) is 4.60. The lowest BCUT2D eigenvalue weighted by Crippen LogP contribution is -2.26. The Morgan fingerprint density at radius 2 is 2.15 bits per heavy atom. The summed E-state index contributed by atoms with van der Waals surface area (Å²) in [6.07, 6.45) is 6.82. The Kier molecular flexibility index (Phi) is 3.24. The lowest BCUT2D eigenvalue weighted by Gasteiger charge is -2.38. The second-order valence-electron chi connectivity index (χ2n) is 6.40. The maximum Gasteiger partial charge on any atom is 0.154 e. The highest BCUT2D eigenvalue weighted by atomic mass is 15.2. The molecular formula is C16H22N4. The third kappa shape index (κ3) is 2.19. The highest BCUT2D eigenvalue weighted by Crippen LogP contribution is 2.48. The Morgan fingerprint density at radius 3 is 2.85 bits per heavy atom. The predicted octanol–water partition coefficient (Wildman–Crippen LogP) is 3.74. The van der Waals surface area contributed by atoms with E-state index < -0.39 is 0 Å². The third-order valence-electron chi connectivity index (χ3n) is 4.60. The van der Waals surface area contributed by atoms with Crippen LogP contribution in [0.1, 0.15) is 51.1 Å². The summed E-state index contributed by atoms with van der Waals surface area (Å²) in [5.41, 5.74) is 9.43. The van der Waals surface area contributed by atoms with Gasteiger partial charge in [-0.2, -0.15) is 5.10 Å². The van der Waals surface area contributed by atoms with Crippen LogP contribution in [0.4, 0.5) is 5.82 Å². The van der Waals surface area contributed by atoms with Gasteiger partial charge in [0.1, 0.15) is 0 Å². The molecule has 0 aliphatic heterocycles. The van der Waals surface area contributed by atoms with Gasteiger partial charge in [-0.05, 0) is 30.4 Å². The summed E-state index contributed by atoms with van der Waals surface area (Å²) in [6, 6.07) is 5.91. The van der Waals surface area contributed by atoms with Crippen molar-refractivity contribution in [1.82, 2.24) is 15.2 Å². The lowest BCUT2D eigenvalue weighted by atomic mass is 9.67. The Hall–Kier alpha value is -1.84. The van der Waals surface area contributed by atoms with E-state index >= 15 is 0 Å². The minimum absolute atomic E-state index is 0.279. The van der Waals surface area contributed by atoms with Gasteiger partial charge in [-0.25, -0.2) is 0 Å². The van der Waals surface area contributed by atoms with Gasteiger partial charge >= 0.3 is 0 Å². The van der Waals surface area contributed by atoms with E-state index in [1.807, 2.05) is 18.2 Å². The summed E-state index contributed by atoms with van der Waals surface area (Å²) in [5.74, 6) is 1.03. The number of nitrogens with two attached hydrogens (primary N) is 1. The van der Waals surface area contributed by atoms with Crippen LogP contribution in [0.15, 0.2) is 24.4 Å². The van der Waals surface area contributed by atoms with E-state index in [1.165, 1.54) is 25.7 Å². The van der Waals surface area contributed by atoms with Crippen LogP contribution < -0.4 is 5.73 Å². The van der Waals surface area contributed by atoms with Crippen LogP contribution in [-0.4, -0.2) is 15.2 Å². The molecule has 0 spiro atoms. The molecule has 1 aliphatic rings. The van der Waals surface area contributed by atoms with Gasteiger partial charge in [0.2, 0.25) is 0 Å². The van der Waals surface area contributed by atoms with E-state index in [-0.39, 0.29) is 5.41 Å². The number of nitrogen functional groups attached to an aromatic ring is 1. The van der Waals surface area contributed by atoms with Crippen LogP contribution in [0.5, 0.6) is 0 Å². The molecule has 0 amide bonds. The number of hydrogen-bond donors (Lipinski definition) is 2. The molecule has 1 unspecified atom stereocenters. The molecule has 0 saturated heterocycles. The number of pyridine rings is 1. The van der Waals surface area contributed by atoms with Crippen molar-refractivity contribution in [3.8, 4) is 11.3 Å². The summed E-state index contributed by atoms with van der Waals surface area (Å²) >= 11 is 0. The van der Waals surface area contributed by atoms with Crippen molar-refractivity contribution in [2.45, 2.75) is 45.4 Å². The standard InChI is InChI=1S/C16H22N4/c1-16(2)9-5-3-7-11(16)14-13(15(17)20-19-14)12-8-4-6-10-18-12/h4,6,8,10-11H,3,5,7,9H2,1-2H3,(H3,17,19,20). The molecule has 0 radical (unpaired) electrons. The first-order valence-corrected chi connectivity index (χ1v) is 7.35. The van der Waals surface area contributed by atoms with Crippen LogP contribution in [0.3, 0.4) is 0 Å². The molecule has 1 atom stereocenters. The lowest BCUT2D eigenvalue weighted by molar-refractivity contribution is 0.196. The monoisotopic (exact) mass is 270 g/mol. The van der Waals surface area contributed by atoms with Crippen LogP contribution in [0.25, 0.3) is 11.3 Å². The molecule has 4 nitrogen and oxygen atoms in total. The predicted molar refractivity (Wildman–Crippen MR) is 81.2 cm³/mol. The highest BCUT2D eigenvalue weighted by molar-refractivity contribution is 5.74. The molecular weight excluding hydrogens is 248 g/mol. The maximum absolute atomic E-state index is 6.09. The second kappa shape index (κ2) is 4.93. The summed E-state index contributed by atoms with van der Waals surface area (Å²) in [5, 5.41) is 7.43. The van der Waals surface area contributed by atoms with Gasteiger partial charge in [-0.15, -0.1) is 0 Å². The molecule has 106 valence electrons. The van der Waals surface area contributed by atoms with Gasteiger partial charge in [-0.3, -0.25) is 10.1 Å². The summed E-state index contributed by atoms with van der Waals surface area (Å²) < 4.78 is 0. The molecule has 20 heavy (non-hydrogen) atoms. The molecule has 0 aromatic carbocycles. The maximum atomic E-state index is 6.09. The number of aromatic nitrogens is 3. The Morgan fingerprint density at radius 1 is 1.30 bits per heavy atom. The number of hydrogen-bond acceptors (Lipinski definition) is 3. The van der Waals surface area contributed by atoms with Crippen molar-refractivity contribution >= 4 is 5.82 Å². The molecule has 1 fully saturated rings. The van der Waals surface area contributed by atoms with Crippen molar-refractivity contribution in [1.29, 1.82) is 0 Å². The first-order chi connectivity index (χ1) is 9.59. The van der Waals surface area contributed by atoms with Gasteiger partial charge in [0, 0.05) is 12.1 Å². The zero-order chi connectivity index (χ0) is 14.2. The average Bonchev–Trinajstić information content (AvgIpc) is 2.81. The number of H-pyrrole nitrogens is 1. The first-order valence-electron chi connectivity index (χ1n) is 7.35. The first kappa shape index (κ1) is 13.2. The van der Waals surface area contributed by atoms with Crippen LogP contribution in [-0.2, 0) is 0 Å². The Bertz CT molecular complexity index is 586. The minimum Gasteiger partial charge on any atom is -0.382 e. The Labute approximate surface area is 119 Å². The summed E-state index contributed by atoms with van der Waals surface area (Å²) in [4.78, 5) is 4.45. The zero-order valence-electron chi connectivity index (χ0n) is 12.2. The Balaban J connectivity index is 2.07. The van der Waals surface area contributed by atoms with E-state index in [4.69, 9.17) is 5.73 Å². The van der Waals surface area contributed by atoms with E-state index in [0.717, 1.165) is 17.0 Å². The number of nitrogens with zero attached hydrogens (tertiary/aromatic N) is 2. The molecule has 2 aromatic heterocycles. The average molecular weight is 270 g/mol. The van der Waals surface area contributed by atoms with Crippen LogP contribution >= 0.6 is 0 Å². The van der Waals surface area contributed by atoms with Gasteiger partial charge in [0.25, 0.3) is 0 Å². The molecule has 2 heterocycles. The van der Waals surface area contributed by atoms with E-state index in [1.54, 1.807) is 6.20 Å². The van der Waals surface area contributed by atoms with E-state index in [9.17, 15) is 0 Å². The SMILES string of the molecule is CC1(C)CCCCC1c1[nH]nc(N)c1-c1ccccn1. The van der Waals surface area contributed by atoms with Crippen LogP contribution in [0, 0.1) is 5.41 Å². The number of anilines is 1. The quantitative estimate of drug-likeness (QED) is 0.873. The van der Waals surface area contributed by atoms with Gasteiger partial charge in [0.15, 0.2) is 5.82 Å². The summed E-state index contributed by atoms with van der Waals surface area (Å²) in [6.45, 7) is 4.69. The fourth-order valence-electron chi connectivity index (χ4n) is 3.43. The van der Waals surface area contributed by atoms with Crippen molar-refractivity contribution in [3.05, 3.63) is 30.1 Å². The second-order valence-corrected chi connectivity index (χ2v) is 6.40. The number of rotatable bonds is 2. The van der Waals surface area contributed by atoms with Crippen molar-refractivity contribution in [2.75, 3.05) is 5.73 Å². The fraction of sp³-hybridized carbons (Fsp3) is 0.500. The van der Waals surface area contributed by atoms with Crippen molar-refractivity contribution in [3.63, 3.8) is 0 Å². The van der Waals surface area contributed by atoms with Crippen molar-refractivity contribution in [2.24, 2.45) is 5.41 Å². The van der Waals surface area contributed by atoms with Gasteiger partial charge in [0.05, 0.1) is 17.0 Å². The number of nitrogens with one attached hydrogen (secondary N) is 1. The smallest absolute Gasteiger partial charge is 0.154 e. The van der Waals surface area contributed by atoms with Gasteiger partial charge in [-0.1, -0.05) is 32.8 Å². The van der Waals surface area contributed by atoms with Crippen LogP contribution in [0.2, 0.25) is 0 Å². The van der Waals surface area contributed by atoms with Gasteiger partial charge < -0.3 is 5.73 Å². The van der Waals surface area contributed by atoms with E-state index in [2.05, 4.69) is 29.0 Å². The topological polar surface area (TPSA) is 67.6 Å². The fourth-order valence-corrected chi connectivity index (χ4v) is 3.43. The van der Waals surface area contributed by atoms with E-state index in [0.29, 0.717) is 11.7 Å². The molecule has 1 aliphatic carbocycles.